The number of thioether (sulfide) groups is 1. The largest absolute Gasteiger partial charge is 0.310 e. The second-order valence-electron chi connectivity index (χ2n) is 5.42. The lowest BCUT2D eigenvalue weighted by Gasteiger charge is -2.26. The zero-order valence-electron chi connectivity index (χ0n) is 12.4. The highest BCUT2D eigenvalue weighted by Crippen LogP contribution is 2.24. The fourth-order valence-electron chi connectivity index (χ4n) is 2.76. The predicted molar refractivity (Wildman–Crippen MR) is 85.8 cm³/mol. The first kappa shape index (κ1) is 15.8. The second kappa shape index (κ2) is 8.01. The molecule has 20 heavy (non-hydrogen) atoms. The van der Waals surface area contributed by atoms with E-state index < -0.39 is 0 Å². The summed E-state index contributed by atoms with van der Waals surface area (Å²) in [6.07, 6.45) is 2.24. The normalized spacial score (nSPS) is 20.5. The van der Waals surface area contributed by atoms with Crippen LogP contribution in [0.1, 0.15) is 31.4 Å². The van der Waals surface area contributed by atoms with Crippen LogP contribution in [-0.4, -0.2) is 42.6 Å². The molecular formula is C16H25FN2S. The third kappa shape index (κ3) is 4.21. The first-order valence-corrected chi connectivity index (χ1v) is 8.63. The van der Waals surface area contributed by atoms with E-state index in [9.17, 15) is 4.39 Å². The summed E-state index contributed by atoms with van der Waals surface area (Å²) < 4.78 is 13.9. The molecule has 1 fully saturated rings. The van der Waals surface area contributed by atoms with Gasteiger partial charge in [0.15, 0.2) is 0 Å². The minimum absolute atomic E-state index is 0.0995. The lowest BCUT2D eigenvalue weighted by Crippen LogP contribution is -2.34. The van der Waals surface area contributed by atoms with E-state index in [0.717, 1.165) is 25.1 Å². The van der Waals surface area contributed by atoms with Crippen LogP contribution < -0.4 is 5.32 Å². The molecule has 0 bridgehead atoms. The minimum atomic E-state index is -0.0995. The number of nitrogens with zero attached hydrogens (tertiary/aromatic N) is 1. The van der Waals surface area contributed by atoms with E-state index in [-0.39, 0.29) is 11.9 Å². The van der Waals surface area contributed by atoms with Gasteiger partial charge in [-0.15, -0.1) is 0 Å². The molecule has 0 amide bonds. The average molecular weight is 296 g/mol. The van der Waals surface area contributed by atoms with Crippen molar-refractivity contribution in [3.63, 3.8) is 0 Å². The molecule has 1 aliphatic rings. The van der Waals surface area contributed by atoms with E-state index in [4.69, 9.17) is 0 Å². The Hall–Kier alpha value is -0.580. The molecule has 2 nitrogen and oxygen atoms in total. The van der Waals surface area contributed by atoms with Crippen molar-refractivity contribution in [3.05, 3.63) is 35.6 Å². The van der Waals surface area contributed by atoms with Crippen molar-refractivity contribution in [2.24, 2.45) is 0 Å². The number of rotatable bonds is 7. The van der Waals surface area contributed by atoms with Crippen LogP contribution in [0.2, 0.25) is 0 Å². The van der Waals surface area contributed by atoms with Crippen molar-refractivity contribution in [1.82, 2.24) is 10.2 Å². The van der Waals surface area contributed by atoms with Crippen molar-refractivity contribution in [2.75, 3.05) is 31.6 Å². The van der Waals surface area contributed by atoms with Gasteiger partial charge in [0.25, 0.3) is 0 Å². The van der Waals surface area contributed by atoms with Gasteiger partial charge < -0.3 is 10.2 Å². The van der Waals surface area contributed by atoms with Crippen LogP contribution in [0.5, 0.6) is 0 Å². The van der Waals surface area contributed by atoms with Gasteiger partial charge in [-0.2, -0.15) is 11.8 Å². The molecule has 1 aromatic rings. The SMILES string of the molecule is CCNC(CCN(C)C1CCSC1)c1ccccc1F. The minimum Gasteiger partial charge on any atom is -0.310 e. The highest BCUT2D eigenvalue weighted by atomic mass is 32.2. The van der Waals surface area contributed by atoms with Crippen LogP contribution in [0.25, 0.3) is 0 Å². The molecule has 1 saturated heterocycles. The Morgan fingerprint density at radius 3 is 2.90 bits per heavy atom. The zero-order valence-corrected chi connectivity index (χ0v) is 13.3. The Bertz CT molecular complexity index is 407. The van der Waals surface area contributed by atoms with E-state index in [0.29, 0.717) is 6.04 Å². The lowest BCUT2D eigenvalue weighted by molar-refractivity contribution is 0.246. The summed E-state index contributed by atoms with van der Waals surface area (Å²) >= 11 is 2.04. The summed E-state index contributed by atoms with van der Waals surface area (Å²) in [7, 11) is 2.20. The summed E-state index contributed by atoms with van der Waals surface area (Å²) in [6.45, 7) is 3.95. The molecule has 0 aromatic heterocycles. The Balaban J connectivity index is 1.93. The quantitative estimate of drug-likeness (QED) is 0.831. The number of nitrogens with one attached hydrogen (secondary N) is 1. The van der Waals surface area contributed by atoms with Crippen LogP contribution in [0.15, 0.2) is 24.3 Å². The number of hydrogen-bond donors (Lipinski definition) is 1. The highest BCUT2D eigenvalue weighted by Gasteiger charge is 2.21. The van der Waals surface area contributed by atoms with E-state index in [2.05, 4.69) is 24.2 Å². The summed E-state index contributed by atoms with van der Waals surface area (Å²) in [4.78, 5) is 2.44. The molecule has 2 unspecified atom stereocenters. The fraction of sp³-hybridized carbons (Fsp3) is 0.625. The van der Waals surface area contributed by atoms with Gasteiger partial charge in [0.1, 0.15) is 5.82 Å². The van der Waals surface area contributed by atoms with Gasteiger partial charge in [0, 0.05) is 23.4 Å². The first-order valence-electron chi connectivity index (χ1n) is 7.48. The standard InChI is InChI=1S/C16H25FN2S/c1-3-18-16(14-6-4-5-7-15(14)17)8-10-19(2)13-9-11-20-12-13/h4-7,13,16,18H,3,8-12H2,1-2H3. The Kier molecular flexibility index (Phi) is 6.33. The summed E-state index contributed by atoms with van der Waals surface area (Å²) in [5, 5.41) is 3.41. The van der Waals surface area contributed by atoms with Crippen molar-refractivity contribution < 1.29 is 4.39 Å². The maximum absolute atomic E-state index is 13.9. The Morgan fingerprint density at radius 1 is 1.45 bits per heavy atom. The molecule has 0 spiro atoms. The van der Waals surface area contributed by atoms with Crippen LogP contribution in [0.3, 0.4) is 0 Å². The molecular weight excluding hydrogens is 271 g/mol. The van der Waals surface area contributed by atoms with Gasteiger partial charge in [-0.3, -0.25) is 0 Å². The van der Waals surface area contributed by atoms with E-state index >= 15 is 0 Å². The molecule has 4 heteroatoms. The van der Waals surface area contributed by atoms with Gasteiger partial charge in [-0.1, -0.05) is 25.1 Å². The van der Waals surface area contributed by atoms with E-state index in [1.54, 1.807) is 12.1 Å². The van der Waals surface area contributed by atoms with Crippen LogP contribution in [0.4, 0.5) is 4.39 Å². The monoisotopic (exact) mass is 296 g/mol. The summed E-state index contributed by atoms with van der Waals surface area (Å²) in [5.74, 6) is 2.42. The number of hydrogen-bond acceptors (Lipinski definition) is 3. The highest BCUT2D eigenvalue weighted by molar-refractivity contribution is 7.99. The topological polar surface area (TPSA) is 15.3 Å². The zero-order chi connectivity index (χ0) is 14.4. The third-order valence-corrected chi connectivity index (χ3v) is 5.18. The molecule has 0 saturated carbocycles. The van der Waals surface area contributed by atoms with Crippen molar-refractivity contribution in [3.8, 4) is 0 Å². The number of halogens is 1. The fourth-order valence-corrected chi connectivity index (χ4v) is 4.06. The van der Waals surface area contributed by atoms with Crippen LogP contribution in [0, 0.1) is 5.82 Å². The van der Waals surface area contributed by atoms with Gasteiger partial charge in [0.05, 0.1) is 0 Å². The molecule has 1 N–H and O–H groups in total. The van der Waals surface area contributed by atoms with Crippen LogP contribution in [-0.2, 0) is 0 Å². The van der Waals surface area contributed by atoms with E-state index in [1.807, 2.05) is 23.9 Å². The maximum atomic E-state index is 13.9. The Morgan fingerprint density at radius 2 is 2.25 bits per heavy atom. The van der Waals surface area contributed by atoms with Gasteiger partial charge >= 0.3 is 0 Å². The van der Waals surface area contributed by atoms with Crippen molar-refractivity contribution in [2.45, 2.75) is 31.8 Å². The van der Waals surface area contributed by atoms with Gasteiger partial charge in [-0.25, -0.2) is 4.39 Å². The first-order chi connectivity index (χ1) is 9.72. The lowest BCUT2D eigenvalue weighted by atomic mass is 10.0. The maximum Gasteiger partial charge on any atom is 0.127 e. The molecule has 0 radical (unpaired) electrons. The second-order valence-corrected chi connectivity index (χ2v) is 6.57. The molecule has 2 rings (SSSR count). The summed E-state index contributed by atoms with van der Waals surface area (Å²) in [5.41, 5.74) is 0.795. The predicted octanol–water partition coefficient (Wildman–Crippen LogP) is 3.30. The molecule has 112 valence electrons. The van der Waals surface area contributed by atoms with Crippen LogP contribution >= 0.6 is 11.8 Å². The van der Waals surface area contributed by atoms with Crippen molar-refractivity contribution >= 4 is 11.8 Å². The molecule has 0 aliphatic carbocycles. The smallest absolute Gasteiger partial charge is 0.127 e. The average Bonchev–Trinajstić information content (AvgIpc) is 2.98. The van der Waals surface area contributed by atoms with E-state index in [1.165, 1.54) is 17.9 Å². The molecule has 1 aliphatic heterocycles. The third-order valence-electron chi connectivity index (χ3n) is 4.03. The van der Waals surface area contributed by atoms with Crippen molar-refractivity contribution in [1.29, 1.82) is 0 Å². The Labute approximate surface area is 126 Å². The summed E-state index contributed by atoms with van der Waals surface area (Å²) in [6, 6.07) is 7.93. The van der Waals surface area contributed by atoms with Gasteiger partial charge in [-0.05, 0) is 44.8 Å². The molecule has 1 aromatic carbocycles. The number of benzene rings is 1. The molecule has 2 atom stereocenters. The molecule has 1 heterocycles. The van der Waals surface area contributed by atoms with Gasteiger partial charge in [0.2, 0.25) is 0 Å².